The topological polar surface area (TPSA) is 38.3 Å². The van der Waals surface area contributed by atoms with E-state index in [0.29, 0.717) is 17.9 Å². The van der Waals surface area contributed by atoms with Crippen LogP contribution in [0.5, 0.6) is 5.75 Å². The second-order valence-corrected chi connectivity index (χ2v) is 6.25. The van der Waals surface area contributed by atoms with Crippen molar-refractivity contribution in [1.82, 2.24) is 5.32 Å². The lowest BCUT2D eigenvalue weighted by molar-refractivity contribution is 0.0956. The first-order valence-corrected chi connectivity index (χ1v) is 8.21. The molecule has 0 heterocycles. The third kappa shape index (κ3) is 4.53. The number of hydrogen-bond donors (Lipinski definition) is 1. The number of methoxy groups -OCH3 is 1. The zero-order chi connectivity index (χ0) is 15.9. The maximum atomic E-state index is 12.0. The summed E-state index contributed by atoms with van der Waals surface area (Å²) < 4.78 is 5.13. The minimum absolute atomic E-state index is 0.0698. The van der Waals surface area contributed by atoms with Gasteiger partial charge < -0.3 is 10.1 Å². The Balaban J connectivity index is 1.80. The molecule has 0 saturated carbocycles. The Labute approximate surface area is 136 Å². The highest BCUT2D eigenvalue weighted by Gasteiger charge is 2.06. The standard InChI is InChI=1S/C18H21NO2S/c1-13-7-8-17(11-14(13)2)22-10-9-19-18(20)15-5-4-6-16(12-15)21-3/h4-8,11-12H,9-10H2,1-3H3,(H,19,20). The van der Waals surface area contributed by atoms with E-state index in [1.165, 1.54) is 16.0 Å². The van der Waals surface area contributed by atoms with E-state index >= 15 is 0 Å². The lowest BCUT2D eigenvalue weighted by Gasteiger charge is -2.07. The highest BCUT2D eigenvalue weighted by molar-refractivity contribution is 7.99. The van der Waals surface area contributed by atoms with Crippen molar-refractivity contribution < 1.29 is 9.53 Å². The normalized spacial score (nSPS) is 10.3. The molecule has 1 amide bonds. The van der Waals surface area contributed by atoms with Crippen LogP contribution in [-0.2, 0) is 0 Å². The summed E-state index contributed by atoms with van der Waals surface area (Å²) in [5.41, 5.74) is 3.22. The van der Waals surface area contributed by atoms with Gasteiger partial charge in [-0.05, 0) is 55.3 Å². The van der Waals surface area contributed by atoms with Gasteiger partial charge in [0.2, 0.25) is 0 Å². The number of benzene rings is 2. The lowest BCUT2D eigenvalue weighted by atomic mass is 10.1. The van der Waals surface area contributed by atoms with Gasteiger partial charge in [0.15, 0.2) is 0 Å². The summed E-state index contributed by atoms with van der Waals surface area (Å²) in [5.74, 6) is 1.47. The lowest BCUT2D eigenvalue weighted by Crippen LogP contribution is -2.25. The molecule has 2 aromatic carbocycles. The van der Waals surface area contributed by atoms with E-state index in [1.54, 1.807) is 31.0 Å². The second kappa shape index (κ2) is 7.90. The minimum atomic E-state index is -0.0698. The van der Waals surface area contributed by atoms with Crippen LogP contribution in [0, 0.1) is 13.8 Å². The summed E-state index contributed by atoms with van der Waals surface area (Å²) in [6, 6.07) is 13.6. The smallest absolute Gasteiger partial charge is 0.251 e. The minimum Gasteiger partial charge on any atom is -0.497 e. The molecule has 0 aliphatic carbocycles. The molecule has 4 heteroatoms. The van der Waals surface area contributed by atoms with Gasteiger partial charge in [-0.1, -0.05) is 12.1 Å². The van der Waals surface area contributed by atoms with Gasteiger partial charge in [0.1, 0.15) is 5.75 Å². The Morgan fingerprint density at radius 3 is 2.68 bits per heavy atom. The number of ether oxygens (including phenoxy) is 1. The summed E-state index contributed by atoms with van der Waals surface area (Å²) in [6.45, 7) is 4.86. The van der Waals surface area contributed by atoms with Crippen molar-refractivity contribution in [2.75, 3.05) is 19.4 Å². The van der Waals surface area contributed by atoms with E-state index in [1.807, 2.05) is 12.1 Å². The first-order chi connectivity index (χ1) is 10.6. The number of carbonyl (C=O) groups is 1. The molecule has 0 aliphatic rings. The summed E-state index contributed by atoms with van der Waals surface area (Å²) in [4.78, 5) is 13.3. The zero-order valence-corrected chi connectivity index (χ0v) is 14.0. The molecular formula is C18H21NO2S. The molecular weight excluding hydrogens is 294 g/mol. The maximum absolute atomic E-state index is 12.0. The number of amides is 1. The molecule has 1 N–H and O–H groups in total. The quantitative estimate of drug-likeness (QED) is 0.650. The van der Waals surface area contributed by atoms with Crippen molar-refractivity contribution in [3.63, 3.8) is 0 Å². The van der Waals surface area contributed by atoms with Crippen LogP contribution in [0.2, 0.25) is 0 Å². The first-order valence-electron chi connectivity index (χ1n) is 7.22. The molecule has 0 radical (unpaired) electrons. The van der Waals surface area contributed by atoms with Gasteiger partial charge in [0, 0.05) is 22.8 Å². The van der Waals surface area contributed by atoms with Crippen LogP contribution < -0.4 is 10.1 Å². The average Bonchev–Trinajstić information content (AvgIpc) is 2.54. The van der Waals surface area contributed by atoms with Gasteiger partial charge in [-0.2, -0.15) is 0 Å². The molecule has 0 bridgehead atoms. The first kappa shape index (κ1) is 16.4. The molecule has 0 spiro atoms. The third-order valence-electron chi connectivity index (χ3n) is 3.47. The summed E-state index contributed by atoms with van der Waals surface area (Å²) >= 11 is 1.75. The number of aryl methyl sites for hydroxylation is 2. The van der Waals surface area contributed by atoms with Crippen molar-refractivity contribution in [2.45, 2.75) is 18.7 Å². The maximum Gasteiger partial charge on any atom is 0.251 e. The molecule has 2 rings (SSSR count). The van der Waals surface area contributed by atoms with Gasteiger partial charge in [-0.3, -0.25) is 4.79 Å². The van der Waals surface area contributed by atoms with Crippen LogP contribution in [0.15, 0.2) is 47.4 Å². The van der Waals surface area contributed by atoms with E-state index in [9.17, 15) is 4.79 Å². The number of hydrogen-bond acceptors (Lipinski definition) is 3. The molecule has 116 valence electrons. The molecule has 0 fully saturated rings. The fraction of sp³-hybridized carbons (Fsp3) is 0.278. The molecule has 0 saturated heterocycles. The SMILES string of the molecule is COc1cccc(C(=O)NCCSc2ccc(C)c(C)c2)c1. The Morgan fingerprint density at radius 1 is 1.14 bits per heavy atom. The van der Waals surface area contributed by atoms with Crippen LogP contribution in [0.3, 0.4) is 0 Å². The number of rotatable bonds is 6. The number of carbonyl (C=O) groups excluding carboxylic acids is 1. The highest BCUT2D eigenvalue weighted by atomic mass is 32.2. The summed E-state index contributed by atoms with van der Waals surface area (Å²) in [6.07, 6.45) is 0. The number of thioether (sulfide) groups is 1. The van der Waals surface area contributed by atoms with Crippen LogP contribution in [-0.4, -0.2) is 25.3 Å². The van der Waals surface area contributed by atoms with Crippen molar-refractivity contribution in [3.05, 3.63) is 59.2 Å². The Kier molecular flexibility index (Phi) is 5.90. The molecule has 3 nitrogen and oxygen atoms in total. The molecule has 0 aromatic heterocycles. The van der Waals surface area contributed by atoms with Gasteiger partial charge in [0.05, 0.1) is 7.11 Å². The largest absolute Gasteiger partial charge is 0.497 e. The van der Waals surface area contributed by atoms with Gasteiger partial charge >= 0.3 is 0 Å². The molecule has 2 aromatic rings. The van der Waals surface area contributed by atoms with E-state index < -0.39 is 0 Å². The summed E-state index contributed by atoms with van der Waals surface area (Å²) in [7, 11) is 1.59. The van der Waals surface area contributed by atoms with Crippen molar-refractivity contribution in [1.29, 1.82) is 0 Å². The Bertz CT molecular complexity index is 655. The van der Waals surface area contributed by atoms with E-state index in [0.717, 1.165) is 5.75 Å². The molecule has 22 heavy (non-hydrogen) atoms. The van der Waals surface area contributed by atoms with Gasteiger partial charge in [0.25, 0.3) is 5.91 Å². The zero-order valence-electron chi connectivity index (χ0n) is 13.2. The molecule has 0 unspecified atom stereocenters. The Morgan fingerprint density at radius 2 is 1.95 bits per heavy atom. The fourth-order valence-corrected chi connectivity index (χ4v) is 2.87. The van der Waals surface area contributed by atoms with E-state index in [4.69, 9.17) is 4.74 Å². The van der Waals surface area contributed by atoms with Crippen molar-refractivity contribution in [3.8, 4) is 5.75 Å². The van der Waals surface area contributed by atoms with Crippen molar-refractivity contribution >= 4 is 17.7 Å². The van der Waals surface area contributed by atoms with Crippen LogP contribution in [0.4, 0.5) is 0 Å². The predicted octanol–water partition coefficient (Wildman–Crippen LogP) is 3.83. The fourth-order valence-electron chi connectivity index (χ4n) is 2.00. The average molecular weight is 315 g/mol. The van der Waals surface area contributed by atoms with E-state index in [2.05, 4.69) is 37.4 Å². The second-order valence-electron chi connectivity index (χ2n) is 5.08. The predicted molar refractivity (Wildman–Crippen MR) is 92.0 cm³/mol. The monoisotopic (exact) mass is 315 g/mol. The van der Waals surface area contributed by atoms with Crippen LogP contribution in [0.25, 0.3) is 0 Å². The van der Waals surface area contributed by atoms with Crippen LogP contribution in [0.1, 0.15) is 21.5 Å². The Hall–Kier alpha value is -1.94. The third-order valence-corrected chi connectivity index (χ3v) is 4.46. The van der Waals surface area contributed by atoms with Crippen LogP contribution >= 0.6 is 11.8 Å². The summed E-state index contributed by atoms with van der Waals surface area (Å²) in [5, 5.41) is 2.93. The van der Waals surface area contributed by atoms with E-state index in [-0.39, 0.29) is 5.91 Å². The van der Waals surface area contributed by atoms with Gasteiger partial charge in [-0.15, -0.1) is 11.8 Å². The van der Waals surface area contributed by atoms with Crippen molar-refractivity contribution in [2.24, 2.45) is 0 Å². The highest BCUT2D eigenvalue weighted by Crippen LogP contribution is 2.20. The molecule has 0 aliphatic heterocycles. The van der Waals surface area contributed by atoms with Gasteiger partial charge in [-0.25, -0.2) is 0 Å². The molecule has 0 atom stereocenters. The number of nitrogens with one attached hydrogen (secondary N) is 1.